The summed E-state index contributed by atoms with van der Waals surface area (Å²) in [4.78, 5) is 43.4. The topological polar surface area (TPSA) is 139 Å². The highest BCUT2D eigenvalue weighted by Crippen LogP contribution is 2.49. The first-order valence-corrected chi connectivity index (χ1v) is 16.3. The number of fused-ring (bicyclic) bond motifs is 5. The number of likely N-dealkylation sites (N-methyl/N-ethyl adjacent to an activating group) is 1. The van der Waals surface area contributed by atoms with Crippen molar-refractivity contribution in [3.05, 3.63) is 58.8 Å². The molecule has 3 aliphatic rings. The molecule has 48 heavy (non-hydrogen) atoms. The predicted octanol–water partition coefficient (Wildman–Crippen LogP) is 4.52. The number of anilines is 1. The van der Waals surface area contributed by atoms with Crippen molar-refractivity contribution in [1.82, 2.24) is 10.2 Å². The van der Waals surface area contributed by atoms with Gasteiger partial charge in [-0.3, -0.25) is 10.1 Å². The summed E-state index contributed by atoms with van der Waals surface area (Å²) < 4.78 is 29.1. The SMILES string of the molecule is C=C(C)N(C)C(C)C(=O)OC1CC(=O)N(C)c2cc(cc(OC)c2Cl)C/C(C)=C/C=C/C(OC)C2(O)CC(OC(=O)N2)C(C)C2OC12C. The number of hydrogen-bond acceptors (Lipinski definition) is 10. The minimum Gasteiger partial charge on any atom is -0.495 e. The summed E-state index contributed by atoms with van der Waals surface area (Å²) in [6, 6.07) is 2.93. The molecule has 0 spiro atoms. The number of halogens is 1. The van der Waals surface area contributed by atoms with Crippen LogP contribution in [0.25, 0.3) is 0 Å². The van der Waals surface area contributed by atoms with E-state index in [-0.39, 0.29) is 23.8 Å². The van der Waals surface area contributed by atoms with Gasteiger partial charge < -0.3 is 38.6 Å². The Kier molecular flexibility index (Phi) is 11.2. The van der Waals surface area contributed by atoms with E-state index in [9.17, 15) is 19.5 Å². The van der Waals surface area contributed by atoms with Gasteiger partial charge in [-0.1, -0.05) is 48.9 Å². The monoisotopic (exact) mass is 689 g/mol. The number of rotatable bonds is 6. The summed E-state index contributed by atoms with van der Waals surface area (Å²) in [5.74, 6) is -1.02. The van der Waals surface area contributed by atoms with E-state index in [1.165, 1.54) is 19.1 Å². The van der Waals surface area contributed by atoms with Crippen molar-refractivity contribution in [2.24, 2.45) is 5.92 Å². The van der Waals surface area contributed by atoms with Gasteiger partial charge in [-0.05, 0) is 51.8 Å². The Labute approximate surface area is 287 Å². The summed E-state index contributed by atoms with van der Waals surface area (Å²) in [6.07, 6.45) is 1.39. The molecule has 3 heterocycles. The summed E-state index contributed by atoms with van der Waals surface area (Å²) in [7, 11) is 6.28. The third-order valence-corrected chi connectivity index (χ3v) is 10.1. The van der Waals surface area contributed by atoms with E-state index in [1.807, 2.05) is 26.0 Å². The minimum atomic E-state index is -1.79. The molecule has 0 saturated carbocycles. The van der Waals surface area contributed by atoms with Gasteiger partial charge in [0.05, 0.1) is 25.3 Å². The third-order valence-electron chi connectivity index (χ3n) is 9.73. The minimum absolute atomic E-state index is 0.0158. The fraction of sp³-hybridized carbons (Fsp3) is 0.571. The maximum atomic E-state index is 14.0. The van der Waals surface area contributed by atoms with Crippen molar-refractivity contribution in [3.8, 4) is 5.75 Å². The van der Waals surface area contributed by atoms with Crippen molar-refractivity contribution in [2.45, 2.75) is 95.7 Å². The summed E-state index contributed by atoms with van der Waals surface area (Å²) in [5, 5.41) is 14.5. The number of nitrogens with one attached hydrogen (secondary N) is 1. The van der Waals surface area contributed by atoms with Crippen molar-refractivity contribution >= 4 is 35.3 Å². The molecular formula is C35H48ClN3O9. The molecule has 8 atom stereocenters. The number of methoxy groups -OCH3 is 2. The number of aliphatic hydroxyl groups is 1. The molecule has 12 nitrogen and oxygen atoms in total. The molecule has 2 amide bonds. The molecule has 2 fully saturated rings. The number of esters is 1. The second-order valence-electron chi connectivity index (χ2n) is 13.2. The van der Waals surface area contributed by atoms with Crippen molar-refractivity contribution in [1.29, 1.82) is 0 Å². The van der Waals surface area contributed by atoms with Gasteiger partial charge in [0.1, 0.15) is 40.7 Å². The molecule has 8 unspecified atom stereocenters. The number of amides is 2. The lowest BCUT2D eigenvalue weighted by Gasteiger charge is -2.42. The maximum Gasteiger partial charge on any atom is 0.409 e. The van der Waals surface area contributed by atoms with E-state index in [0.717, 1.165) is 11.1 Å². The smallest absolute Gasteiger partial charge is 0.409 e. The number of epoxide rings is 1. The molecule has 1 aromatic carbocycles. The van der Waals surface area contributed by atoms with Gasteiger partial charge in [0, 0.05) is 39.2 Å². The van der Waals surface area contributed by atoms with E-state index < -0.39 is 59.8 Å². The maximum absolute atomic E-state index is 14.0. The molecule has 264 valence electrons. The molecule has 1 aromatic rings. The Bertz CT molecular complexity index is 1500. The quantitative estimate of drug-likeness (QED) is 0.324. The summed E-state index contributed by atoms with van der Waals surface area (Å²) in [5.41, 5.74) is -0.0495. The molecule has 0 radical (unpaired) electrons. The zero-order chi connectivity index (χ0) is 35.7. The first-order chi connectivity index (χ1) is 22.4. The standard InChI is InChI=1S/C35H48ClN3O9/c1-19(2)38(7)22(5)32(41)47-28-17-29(40)39(8)24-15-23(16-25(44-9)30(24)36)14-20(3)12-11-13-27(45-10)35(43)18-26(46-33(42)37-35)21(4)31-34(28,6)48-31/h11-13,15-16,21-22,26-28,31,43H,1,14,17-18H2,2-10H3,(H,37,42)/b13-11+,20-12+. The summed E-state index contributed by atoms with van der Waals surface area (Å²) in [6.45, 7) is 12.9. The Morgan fingerprint density at radius 3 is 2.60 bits per heavy atom. The highest BCUT2D eigenvalue weighted by molar-refractivity contribution is 6.35. The predicted molar refractivity (Wildman–Crippen MR) is 181 cm³/mol. The number of benzene rings is 1. The highest BCUT2D eigenvalue weighted by Gasteiger charge is 2.64. The summed E-state index contributed by atoms with van der Waals surface area (Å²) >= 11 is 6.73. The van der Waals surface area contributed by atoms with E-state index >= 15 is 0 Å². The van der Waals surface area contributed by atoms with Gasteiger partial charge in [0.25, 0.3) is 0 Å². The Balaban J connectivity index is 1.80. The van der Waals surface area contributed by atoms with Crippen LogP contribution in [0.15, 0.2) is 48.2 Å². The Hall–Kier alpha value is -3.58. The van der Waals surface area contributed by atoms with Gasteiger partial charge in [-0.2, -0.15) is 0 Å². The average molecular weight is 690 g/mol. The molecule has 2 saturated heterocycles. The van der Waals surface area contributed by atoms with Gasteiger partial charge in [-0.15, -0.1) is 0 Å². The van der Waals surface area contributed by atoms with Crippen LogP contribution in [0.5, 0.6) is 5.75 Å². The number of allylic oxidation sites excluding steroid dienone is 4. The first-order valence-electron chi connectivity index (χ1n) is 15.9. The number of nitrogens with zero attached hydrogens (tertiary/aromatic N) is 2. The van der Waals surface area contributed by atoms with E-state index in [2.05, 4.69) is 11.9 Å². The molecule has 4 bridgehead atoms. The lowest BCUT2D eigenvalue weighted by Crippen LogP contribution is -2.63. The third kappa shape index (κ3) is 7.67. The second kappa shape index (κ2) is 14.5. The number of alkyl carbamates (subject to hydrolysis) is 1. The number of ether oxygens (including phenoxy) is 5. The number of carbonyl (C=O) groups is 3. The zero-order valence-corrected chi connectivity index (χ0v) is 29.9. The molecule has 13 heteroatoms. The molecule has 4 rings (SSSR count). The molecular weight excluding hydrogens is 642 g/mol. The van der Waals surface area contributed by atoms with Crippen LogP contribution in [0.4, 0.5) is 10.5 Å². The van der Waals surface area contributed by atoms with Crippen LogP contribution < -0.4 is 15.0 Å². The van der Waals surface area contributed by atoms with Crippen LogP contribution in [0, 0.1) is 5.92 Å². The second-order valence-corrected chi connectivity index (χ2v) is 13.6. The van der Waals surface area contributed by atoms with Gasteiger partial charge in [0.15, 0.2) is 5.72 Å². The number of hydrogen-bond donors (Lipinski definition) is 2. The van der Waals surface area contributed by atoms with Gasteiger partial charge >= 0.3 is 12.1 Å². The van der Waals surface area contributed by atoms with Crippen molar-refractivity contribution < 1.29 is 43.2 Å². The largest absolute Gasteiger partial charge is 0.495 e. The molecule has 2 N–H and O–H groups in total. The Morgan fingerprint density at radius 1 is 1.29 bits per heavy atom. The average Bonchev–Trinajstić information content (AvgIpc) is 3.73. The Morgan fingerprint density at radius 2 is 1.98 bits per heavy atom. The lowest BCUT2D eigenvalue weighted by molar-refractivity contribution is -0.158. The molecule has 0 aliphatic carbocycles. The lowest BCUT2D eigenvalue weighted by atomic mass is 9.83. The van der Waals surface area contributed by atoms with Crippen LogP contribution in [-0.4, -0.2) is 98.1 Å². The fourth-order valence-corrected chi connectivity index (χ4v) is 6.65. The van der Waals surface area contributed by atoms with Crippen molar-refractivity contribution in [2.75, 3.05) is 33.2 Å². The van der Waals surface area contributed by atoms with Gasteiger partial charge in [-0.25, -0.2) is 9.59 Å². The molecule has 3 aliphatic heterocycles. The first kappa shape index (κ1) is 37.2. The number of carbonyl (C=O) groups excluding carboxylic acids is 3. The molecule has 0 aromatic heterocycles. The van der Waals surface area contributed by atoms with Crippen molar-refractivity contribution in [3.63, 3.8) is 0 Å². The highest BCUT2D eigenvalue weighted by atomic mass is 35.5. The van der Waals surface area contributed by atoms with E-state index in [1.54, 1.807) is 58.0 Å². The van der Waals surface area contributed by atoms with Crippen LogP contribution in [0.1, 0.15) is 53.0 Å². The van der Waals surface area contributed by atoms with Crippen LogP contribution in [-0.2, 0) is 35.0 Å². The fourth-order valence-electron chi connectivity index (χ4n) is 6.33. The normalized spacial score (nSPS) is 33.2. The van der Waals surface area contributed by atoms with Gasteiger partial charge in [0.2, 0.25) is 5.91 Å². The van der Waals surface area contributed by atoms with E-state index in [4.69, 9.17) is 35.3 Å². The van der Waals surface area contributed by atoms with Crippen LogP contribution in [0.3, 0.4) is 0 Å². The van der Waals surface area contributed by atoms with E-state index in [0.29, 0.717) is 23.6 Å². The zero-order valence-electron chi connectivity index (χ0n) is 29.2. The van der Waals surface area contributed by atoms with Crippen LogP contribution >= 0.6 is 11.6 Å². The van der Waals surface area contributed by atoms with Crippen LogP contribution in [0.2, 0.25) is 5.02 Å².